The lowest BCUT2D eigenvalue weighted by Crippen LogP contribution is -2.23. The number of aromatic nitrogens is 2. The average molecular weight is 259 g/mol. The van der Waals surface area contributed by atoms with Gasteiger partial charge in [-0.25, -0.2) is 4.98 Å². The fraction of sp³-hybridized carbons (Fsp3) is 0.286. The first-order valence-corrected chi connectivity index (χ1v) is 6.35. The van der Waals surface area contributed by atoms with Crippen LogP contribution < -0.4 is 5.32 Å². The summed E-state index contributed by atoms with van der Waals surface area (Å²) >= 11 is 0. The molecule has 1 saturated carbocycles. The molecule has 1 N–H and O–H groups in total. The van der Waals surface area contributed by atoms with E-state index >= 15 is 0 Å². The number of carbonyl (C=O) groups is 1. The Kier molecular flexibility index (Phi) is 3.03. The van der Waals surface area contributed by atoms with Crippen molar-refractivity contribution in [3.63, 3.8) is 0 Å². The maximum Gasteiger partial charge on any atom is 0.273 e. The molecule has 5 heteroatoms. The zero-order valence-corrected chi connectivity index (χ0v) is 10.3. The van der Waals surface area contributed by atoms with E-state index in [1.165, 1.54) is 18.6 Å². The molecule has 1 amide bonds. The molecule has 4 nitrogen and oxygen atoms in total. The number of pyridine rings is 1. The van der Waals surface area contributed by atoms with Crippen molar-refractivity contribution in [2.45, 2.75) is 25.3 Å². The Balaban J connectivity index is 1.79. The van der Waals surface area contributed by atoms with Gasteiger partial charge in [0.15, 0.2) is 0 Å². The van der Waals surface area contributed by atoms with E-state index in [9.17, 15) is 9.18 Å². The first-order valence-electron chi connectivity index (χ1n) is 6.35. The van der Waals surface area contributed by atoms with Crippen molar-refractivity contribution in [1.82, 2.24) is 9.55 Å². The van der Waals surface area contributed by atoms with E-state index in [1.54, 1.807) is 12.1 Å². The van der Waals surface area contributed by atoms with Crippen molar-refractivity contribution in [3.05, 3.63) is 48.2 Å². The van der Waals surface area contributed by atoms with Gasteiger partial charge in [-0.05, 0) is 43.5 Å². The average Bonchev–Trinajstić information content (AvgIpc) is 2.75. The van der Waals surface area contributed by atoms with Gasteiger partial charge in [-0.1, -0.05) is 6.07 Å². The van der Waals surface area contributed by atoms with Crippen molar-refractivity contribution in [2.24, 2.45) is 0 Å². The molecular weight excluding hydrogens is 245 g/mol. The van der Waals surface area contributed by atoms with E-state index < -0.39 is 5.95 Å². The monoisotopic (exact) mass is 259 g/mol. The third kappa shape index (κ3) is 2.36. The smallest absolute Gasteiger partial charge is 0.273 e. The van der Waals surface area contributed by atoms with Crippen molar-refractivity contribution in [1.29, 1.82) is 0 Å². The maximum absolute atomic E-state index is 13.0. The van der Waals surface area contributed by atoms with Crippen LogP contribution in [0.4, 0.5) is 10.2 Å². The molecular formula is C14H14FN3O. The van der Waals surface area contributed by atoms with Crippen LogP contribution in [-0.2, 0) is 0 Å². The number of halogens is 1. The van der Waals surface area contributed by atoms with E-state index in [1.807, 2.05) is 16.8 Å². The zero-order valence-electron chi connectivity index (χ0n) is 10.3. The number of hydrogen-bond acceptors (Lipinski definition) is 2. The number of nitrogens with one attached hydrogen (secondary N) is 1. The molecule has 0 atom stereocenters. The van der Waals surface area contributed by atoms with Gasteiger partial charge in [-0.15, -0.1) is 0 Å². The number of carbonyl (C=O) groups excluding carboxylic acids is 1. The third-order valence-corrected chi connectivity index (χ3v) is 3.44. The summed E-state index contributed by atoms with van der Waals surface area (Å²) in [6, 6.07) is 8.36. The molecule has 19 heavy (non-hydrogen) atoms. The highest BCUT2D eigenvalue weighted by Gasteiger charge is 2.23. The molecule has 0 spiro atoms. The van der Waals surface area contributed by atoms with Crippen LogP contribution in [0.3, 0.4) is 0 Å². The van der Waals surface area contributed by atoms with E-state index in [0.717, 1.165) is 12.8 Å². The van der Waals surface area contributed by atoms with Crippen LogP contribution in [0.1, 0.15) is 35.8 Å². The van der Waals surface area contributed by atoms with Gasteiger partial charge in [-0.2, -0.15) is 4.39 Å². The predicted molar refractivity (Wildman–Crippen MR) is 69.5 cm³/mol. The highest BCUT2D eigenvalue weighted by Crippen LogP contribution is 2.32. The van der Waals surface area contributed by atoms with Crippen LogP contribution in [0.5, 0.6) is 0 Å². The Bertz CT molecular complexity index is 604. The maximum atomic E-state index is 13.0. The fourth-order valence-electron chi connectivity index (χ4n) is 2.23. The summed E-state index contributed by atoms with van der Waals surface area (Å²) in [6.45, 7) is 0. The van der Waals surface area contributed by atoms with Crippen molar-refractivity contribution < 1.29 is 9.18 Å². The molecule has 0 saturated heterocycles. The normalized spacial score (nSPS) is 15.0. The van der Waals surface area contributed by atoms with E-state index in [0.29, 0.717) is 11.7 Å². The molecule has 0 aromatic carbocycles. The lowest BCUT2D eigenvalue weighted by atomic mass is 9.93. The quantitative estimate of drug-likeness (QED) is 0.861. The number of nitrogens with zero attached hydrogens (tertiary/aromatic N) is 2. The molecule has 1 aliphatic carbocycles. The second kappa shape index (κ2) is 4.84. The third-order valence-electron chi connectivity index (χ3n) is 3.44. The van der Waals surface area contributed by atoms with Crippen LogP contribution >= 0.6 is 0 Å². The van der Waals surface area contributed by atoms with E-state index in [-0.39, 0.29) is 11.7 Å². The molecule has 0 unspecified atom stereocenters. The Morgan fingerprint density at radius 3 is 2.84 bits per heavy atom. The molecule has 3 rings (SSSR count). The van der Waals surface area contributed by atoms with Gasteiger partial charge in [0, 0.05) is 12.2 Å². The molecule has 0 aliphatic heterocycles. The Morgan fingerprint density at radius 2 is 2.16 bits per heavy atom. The lowest BCUT2D eigenvalue weighted by molar-refractivity contribution is 0.101. The van der Waals surface area contributed by atoms with Crippen LogP contribution in [-0.4, -0.2) is 15.5 Å². The fourth-order valence-corrected chi connectivity index (χ4v) is 2.23. The highest BCUT2D eigenvalue weighted by molar-refractivity contribution is 6.02. The molecule has 1 aliphatic rings. The largest absolute Gasteiger partial charge is 0.340 e. The Morgan fingerprint density at radius 1 is 1.32 bits per heavy atom. The van der Waals surface area contributed by atoms with Crippen LogP contribution in [0.2, 0.25) is 0 Å². The SMILES string of the molecule is O=C(Nc1cccc(F)n1)c1cccn1C1CCC1. The Labute approximate surface area is 110 Å². The van der Waals surface area contributed by atoms with Crippen molar-refractivity contribution >= 4 is 11.7 Å². The minimum atomic E-state index is -0.604. The summed E-state index contributed by atoms with van der Waals surface area (Å²) in [4.78, 5) is 15.8. The topological polar surface area (TPSA) is 46.9 Å². The summed E-state index contributed by atoms with van der Waals surface area (Å²) in [5.41, 5.74) is 0.593. The van der Waals surface area contributed by atoms with Crippen molar-refractivity contribution in [2.75, 3.05) is 5.32 Å². The molecule has 2 aromatic rings. The second-order valence-corrected chi connectivity index (χ2v) is 4.69. The van der Waals surface area contributed by atoms with Gasteiger partial charge in [0.2, 0.25) is 5.95 Å². The molecule has 2 heterocycles. The second-order valence-electron chi connectivity index (χ2n) is 4.69. The number of rotatable bonds is 3. The number of amides is 1. The summed E-state index contributed by atoms with van der Waals surface area (Å²) in [5.74, 6) is -0.631. The standard InChI is InChI=1S/C14H14FN3O/c15-12-7-2-8-13(16-12)17-14(19)11-6-3-9-18(11)10-4-1-5-10/h2-3,6-10H,1,4-5H2,(H,16,17,19). The number of anilines is 1. The van der Waals surface area contributed by atoms with E-state index in [4.69, 9.17) is 0 Å². The summed E-state index contributed by atoms with van der Waals surface area (Å²) in [7, 11) is 0. The summed E-state index contributed by atoms with van der Waals surface area (Å²) in [6.07, 6.45) is 5.33. The molecule has 0 radical (unpaired) electrons. The lowest BCUT2D eigenvalue weighted by Gasteiger charge is -2.28. The van der Waals surface area contributed by atoms with Gasteiger partial charge in [0.05, 0.1) is 0 Å². The summed E-state index contributed by atoms with van der Waals surface area (Å²) in [5, 5.41) is 2.62. The minimum Gasteiger partial charge on any atom is -0.340 e. The zero-order chi connectivity index (χ0) is 13.2. The van der Waals surface area contributed by atoms with E-state index in [2.05, 4.69) is 10.3 Å². The van der Waals surface area contributed by atoms with Gasteiger partial charge < -0.3 is 9.88 Å². The highest BCUT2D eigenvalue weighted by atomic mass is 19.1. The minimum absolute atomic E-state index is 0.228. The van der Waals surface area contributed by atoms with Gasteiger partial charge in [0.25, 0.3) is 5.91 Å². The molecule has 98 valence electrons. The number of hydrogen-bond donors (Lipinski definition) is 1. The first kappa shape index (κ1) is 11.9. The van der Waals surface area contributed by atoms with Crippen LogP contribution in [0, 0.1) is 5.95 Å². The van der Waals surface area contributed by atoms with Gasteiger partial charge in [0.1, 0.15) is 11.5 Å². The van der Waals surface area contributed by atoms with Gasteiger partial charge >= 0.3 is 0 Å². The first-order chi connectivity index (χ1) is 9.24. The molecule has 2 aromatic heterocycles. The Hall–Kier alpha value is -2.17. The summed E-state index contributed by atoms with van der Waals surface area (Å²) < 4.78 is 14.9. The van der Waals surface area contributed by atoms with Crippen LogP contribution in [0.15, 0.2) is 36.5 Å². The van der Waals surface area contributed by atoms with Crippen LogP contribution in [0.25, 0.3) is 0 Å². The molecule has 0 bridgehead atoms. The molecule has 1 fully saturated rings. The van der Waals surface area contributed by atoms with Crippen molar-refractivity contribution in [3.8, 4) is 0 Å². The predicted octanol–water partition coefficient (Wildman–Crippen LogP) is 3.00. The van der Waals surface area contributed by atoms with Gasteiger partial charge in [-0.3, -0.25) is 4.79 Å².